The van der Waals surface area contributed by atoms with E-state index in [4.69, 9.17) is 15.2 Å². The summed E-state index contributed by atoms with van der Waals surface area (Å²) < 4.78 is 0. The molecule has 6 nitrogen and oxygen atoms in total. The van der Waals surface area contributed by atoms with Gasteiger partial charge in [-0.25, -0.2) is 4.98 Å². The Morgan fingerprint density at radius 1 is 1.21 bits per heavy atom. The molecule has 2 fully saturated rings. The summed E-state index contributed by atoms with van der Waals surface area (Å²) in [5.74, 6) is 1.62. The number of unbranched alkanes of at least 4 members (excludes halogenated alkanes) is 1. The predicted octanol–water partition coefficient (Wildman–Crippen LogP) is 4.11. The highest BCUT2D eigenvalue weighted by Crippen LogP contribution is 2.31. The van der Waals surface area contributed by atoms with Crippen molar-refractivity contribution in [2.75, 3.05) is 30.4 Å². The third kappa shape index (κ3) is 4.86. The number of rotatable bonds is 8. The number of hydrogen-bond donors (Lipinski definition) is 1. The average Bonchev–Trinajstić information content (AvgIpc) is 3.47. The van der Waals surface area contributed by atoms with Gasteiger partial charge < -0.3 is 10.2 Å². The molecular formula is C23H30N6. The zero-order valence-electron chi connectivity index (χ0n) is 17.4. The van der Waals surface area contributed by atoms with Crippen molar-refractivity contribution in [2.45, 2.75) is 57.5 Å². The number of hydrogen-bond acceptors (Lipinski definition) is 6. The summed E-state index contributed by atoms with van der Waals surface area (Å²) in [6.45, 7) is 4.27. The van der Waals surface area contributed by atoms with Crippen LogP contribution in [0, 0.1) is 11.3 Å². The van der Waals surface area contributed by atoms with E-state index in [-0.39, 0.29) is 0 Å². The standard InChI is InChI=1S/C23H30N6/c1-3-4-7-19-14-22(29-12-11-21(16-29)28(2)20-9-10-20)27-23(26-19)25-18-8-5-6-17(13-18)15-24/h5-6,8,13-14,20-21H,3-4,7,9-12,16H2,1-2H3,(H,25,26,27)/t21-/m0/s1. The fraction of sp³-hybridized carbons (Fsp3) is 0.522. The van der Waals surface area contributed by atoms with E-state index in [0.717, 1.165) is 55.6 Å². The number of nitrogens with zero attached hydrogens (tertiary/aromatic N) is 5. The number of nitriles is 1. The van der Waals surface area contributed by atoms with Gasteiger partial charge in [-0.05, 0) is 57.4 Å². The van der Waals surface area contributed by atoms with Crippen molar-refractivity contribution in [2.24, 2.45) is 0 Å². The molecule has 4 rings (SSSR count). The Hall–Kier alpha value is -2.65. The molecule has 29 heavy (non-hydrogen) atoms. The highest BCUT2D eigenvalue weighted by Gasteiger charge is 2.35. The van der Waals surface area contributed by atoms with E-state index in [2.05, 4.69) is 41.2 Å². The van der Waals surface area contributed by atoms with Crippen LogP contribution in [-0.2, 0) is 6.42 Å². The van der Waals surface area contributed by atoms with E-state index in [1.165, 1.54) is 19.3 Å². The zero-order chi connectivity index (χ0) is 20.2. The zero-order valence-corrected chi connectivity index (χ0v) is 17.4. The predicted molar refractivity (Wildman–Crippen MR) is 116 cm³/mol. The number of nitrogens with one attached hydrogen (secondary N) is 1. The number of benzene rings is 1. The molecular weight excluding hydrogens is 360 g/mol. The molecule has 1 atom stereocenters. The molecule has 1 saturated carbocycles. The molecule has 1 aromatic carbocycles. The lowest BCUT2D eigenvalue weighted by molar-refractivity contribution is 0.249. The molecule has 1 aliphatic heterocycles. The molecule has 2 aromatic rings. The molecule has 0 amide bonds. The van der Waals surface area contributed by atoms with Crippen LogP contribution in [0.5, 0.6) is 0 Å². The molecule has 1 aromatic heterocycles. The summed E-state index contributed by atoms with van der Waals surface area (Å²) in [6.07, 6.45) is 7.10. The van der Waals surface area contributed by atoms with Crippen LogP contribution in [0.25, 0.3) is 0 Å². The SMILES string of the molecule is CCCCc1cc(N2CC[C@H](N(C)C3CC3)C2)nc(Nc2cccc(C#N)c2)n1. The molecule has 0 bridgehead atoms. The molecule has 152 valence electrons. The first kappa shape index (κ1) is 19.7. The van der Waals surface area contributed by atoms with Gasteiger partial charge in [-0.3, -0.25) is 4.90 Å². The summed E-state index contributed by atoms with van der Waals surface area (Å²) in [5.41, 5.74) is 2.55. The van der Waals surface area contributed by atoms with E-state index in [9.17, 15) is 0 Å². The van der Waals surface area contributed by atoms with Crippen molar-refractivity contribution in [1.29, 1.82) is 5.26 Å². The highest BCUT2D eigenvalue weighted by atomic mass is 15.3. The maximum Gasteiger partial charge on any atom is 0.229 e. The normalized spacial score (nSPS) is 18.8. The van der Waals surface area contributed by atoms with Crippen molar-refractivity contribution in [1.82, 2.24) is 14.9 Å². The third-order valence-corrected chi connectivity index (χ3v) is 5.99. The van der Waals surface area contributed by atoms with Crippen molar-refractivity contribution in [3.63, 3.8) is 0 Å². The van der Waals surface area contributed by atoms with Crippen LogP contribution < -0.4 is 10.2 Å². The fourth-order valence-corrected chi connectivity index (χ4v) is 4.04. The maximum absolute atomic E-state index is 9.15. The van der Waals surface area contributed by atoms with Gasteiger partial charge in [0.1, 0.15) is 5.82 Å². The summed E-state index contributed by atoms with van der Waals surface area (Å²) in [4.78, 5) is 14.5. The molecule has 1 aliphatic carbocycles. The molecule has 0 radical (unpaired) electrons. The topological polar surface area (TPSA) is 68.1 Å². The monoisotopic (exact) mass is 390 g/mol. The summed E-state index contributed by atoms with van der Waals surface area (Å²) in [5, 5.41) is 12.5. The number of anilines is 3. The van der Waals surface area contributed by atoms with Gasteiger partial charge in [0.05, 0.1) is 11.6 Å². The van der Waals surface area contributed by atoms with Crippen molar-refractivity contribution >= 4 is 17.5 Å². The molecule has 1 N–H and O–H groups in total. The van der Waals surface area contributed by atoms with Gasteiger partial charge in [0, 0.05) is 42.6 Å². The number of likely N-dealkylation sites (N-methyl/N-ethyl adjacent to an activating group) is 1. The van der Waals surface area contributed by atoms with Crippen molar-refractivity contribution < 1.29 is 0 Å². The van der Waals surface area contributed by atoms with Crippen LogP contribution in [0.2, 0.25) is 0 Å². The summed E-state index contributed by atoms with van der Waals surface area (Å²) in [7, 11) is 2.27. The number of aryl methyl sites for hydroxylation is 1. The third-order valence-electron chi connectivity index (χ3n) is 5.99. The van der Waals surface area contributed by atoms with Gasteiger partial charge in [0.25, 0.3) is 0 Å². The summed E-state index contributed by atoms with van der Waals surface area (Å²) in [6, 6.07) is 13.2. The lowest BCUT2D eigenvalue weighted by atomic mass is 10.2. The van der Waals surface area contributed by atoms with Gasteiger partial charge in [-0.2, -0.15) is 10.2 Å². The maximum atomic E-state index is 9.15. The lowest BCUT2D eigenvalue weighted by Gasteiger charge is -2.25. The largest absolute Gasteiger partial charge is 0.355 e. The minimum atomic E-state index is 0.611. The Morgan fingerprint density at radius 3 is 2.83 bits per heavy atom. The Morgan fingerprint density at radius 2 is 2.07 bits per heavy atom. The molecule has 6 heteroatoms. The lowest BCUT2D eigenvalue weighted by Crippen LogP contribution is -2.36. The van der Waals surface area contributed by atoms with Crippen molar-refractivity contribution in [3.05, 3.63) is 41.6 Å². The molecule has 0 spiro atoms. The highest BCUT2D eigenvalue weighted by molar-refractivity contribution is 5.58. The van der Waals surface area contributed by atoms with Gasteiger partial charge in [-0.15, -0.1) is 0 Å². The second-order valence-corrected chi connectivity index (χ2v) is 8.25. The number of aromatic nitrogens is 2. The minimum Gasteiger partial charge on any atom is -0.355 e. The quantitative estimate of drug-likeness (QED) is 0.732. The van der Waals surface area contributed by atoms with Crippen LogP contribution in [-0.4, -0.2) is 47.1 Å². The fourth-order valence-electron chi connectivity index (χ4n) is 4.04. The van der Waals surface area contributed by atoms with E-state index in [1.807, 2.05) is 18.2 Å². The van der Waals surface area contributed by atoms with Crippen LogP contribution in [0.1, 0.15) is 50.3 Å². The van der Waals surface area contributed by atoms with Gasteiger partial charge in [0.2, 0.25) is 5.95 Å². The second-order valence-electron chi connectivity index (χ2n) is 8.25. The average molecular weight is 391 g/mol. The van der Waals surface area contributed by atoms with Gasteiger partial charge >= 0.3 is 0 Å². The van der Waals surface area contributed by atoms with E-state index >= 15 is 0 Å². The second kappa shape index (κ2) is 8.79. The first-order chi connectivity index (χ1) is 14.2. The Kier molecular flexibility index (Phi) is 5.96. The van der Waals surface area contributed by atoms with Crippen molar-refractivity contribution in [3.8, 4) is 6.07 Å². The minimum absolute atomic E-state index is 0.611. The van der Waals surface area contributed by atoms with Crippen LogP contribution >= 0.6 is 0 Å². The summed E-state index contributed by atoms with van der Waals surface area (Å²) >= 11 is 0. The smallest absolute Gasteiger partial charge is 0.229 e. The van der Waals surface area contributed by atoms with E-state index in [1.54, 1.807) is 6.07 Å². The van der Waals surface area contributed by atoms with E-state index < -0.39 is 0 Å². The van der Waals surface area contributed by atoms with Crippen LogP contribution in [0.15, 0.2) is 30.3 Å². The van der Waals surface area contributed by atoms with Crippen LogP contribution in [0.4, 0.5) is 17.5 Å². The molecule has 2 heterocycles. The molecule has 2 aliphatic rings. The Labute approximate surface area is 173 Å². The molecule has 0 unspecified atom stereocenters. The first-order valence-electron chi connectivity index (χ1n) is 10.8. The van der Waals surface area contributed by atoms with Crippen LogP contribution in [0.3, 0.4) is 0 Å². The van der Waals surface area contributed by atoms with Gasteiger partial charge in [-0.1, -0.05) is 19.4 Å². The molecule has 1 saturated heterocycles. The Bertz CT molecular complexity index is 885. The van der Waals surface area contributed by atoms with Gasteiger partial charge in [0.15, 0.2) is 0 Å². The first-order valence-corrected chi connectivity index (χ1v) is 10.8. The Balaban J connectivity index is 1.54. The van der Waals surface area contributed by atoms with E-state index in [0.29, 0.717) is 17.6 Å².